The molecular formula is C11H14N2O3. The molecule has 0 spiro atoms. The molecule has 16 heavy (non-hydrogen) atoms. The maximum Gasteiger partial charge on any atom is 0.318 e. The van der Waals surface area contributed by atoms with Crippen molar-refractivity contribution in [2.75, 3.05) is 21.2 Å². The van der Waals surface area contributed by atoms with Gasteiger partial charge in [-0.3, -0.25) is 10.1 Å². The van der Waals surface area contributed by atoms with E-state index in [1.807, 2.05) is 19.0 Å². The lowest BCUT2D eigenvalue weighted by atomic mass is 10.1. The summed E-state index contributed by atoms with van der Waals surface area (Å²) in [6, 6.07) is 4.98. The highest BCUT2D eigenvalue weighted by Gasteiger charge is 2.18. The van der Waals surface area contributed by atoms with Gasteiger partial charge >= 0.3 is 5.69 Å². The smallest absolute Gasteiger partial charge is 0.318 e. The highest BCUT2D eigenvalue weighted by Crippen LogP contribution is 2.31. The first-order valence-electron chi connectivity index (χ1n) is 4.72. The van der Waals surface area contributed by atoms with Crippen LogP contribution in [0.2, 0.25) is 0 Å². The second-order valence-electron chi connectivity index (χ2n) is 3.43. The Bertz CT molecular complexity index is 414. The molecule has 0 bridgehead atoms. The zero-order valence-corrected chi connectivity index (χ0v) is 9.51. The van der Waals surface area contributed by atoms with Gasteiger partial charge < -0.3 is 9.64 Å². The molecule has 0 aliphatic heterocycles. The molecule has 0 N–H and O–H groups in total. The molecule has 1 rings (SSSR count). The SMILES string of the molecule is COc1cccc(/C=C/N(C)C)c1[N+](=O)[O-]. The van der Waals surface area contributed by atoms with E-state index in [1.165, 1.54) is 7.11 Å². The van der Waals surface area contributed by atoms with Gasteiger partial charge in [0, 0.05) is 14.1 Å². The van der Waals surface area contributed by atoms with E-state index in [-0.39, 0.29) is 11.4 Å². The van der Waals surface area contributed by atoms with E-state index in [0.29, 0.717) is 5.56 Å². The van der Waals surface area contributed by atoms with Crippen molar-refractivity contribution in [2.24, 2.45) is 0 Å². The molecule has 0 amide bonds. The molecule has 0 atom stereocenters. The Morgan fingerprint density at radius 3 is 2.62 bits per heavy atom. The summed E-state index contributed by atoms with van der Waals surface area (Å²) in [6.07, 6.45) is 3.43. The molecule has 0 saturated carbocycles. The Hall–Kier alpha value is -2.04. The lowest BCUT2D eigenvalue weighted by Crippen LogP contribution is -2.01. The zero-order chi connectivity index (χ0) is 12.1. The van der Waals surface area contributed by atoms with Gasteiger partial charge in [0.15, 0.2) is 5.75 Å². The van der Waals surface area contributed by atoms with Crippen LogP contribution in [0.3, 0.4) is 0 Å². The Morgan fingerprint density at radius 1 is 1.44 bits per heavy atom. The van der Waals surface area contributed by atoms with Crippen molar-refractivity contribution in [1.29, 1.82) is 0 Å². The minimum Gasteiger partial charge on any atom is -0.490 e. The van der Waals surface area contributed by atoms with Gasteiger partial charge in [0.25, 0.3) is 0 Å². The maximum absolute atomic E-state index is 10.9. The minimum atomic E-state index is -0.436. The fourth-order valence-corrected chi connectivity index (χ4v) is 1.26. The molecule has 0 heterocycles. The van der Waals surface area contributed by atoms with Crippen molar-refractivity contribution >= 4 is 11.8 Å². The number of hydrogen-bond acceptors (Lipinski definition) is 4. The molecule has 0 aromatic heterocycles. The van der Waals surface area contributed by atoms with Gasteiger partial charge in [-0.25, -0.2) is 0 Å². The number of hydrogen-bond donors (Lipinski definition) is 0. The first kappa shape index (κ1) is 12.0. The highest BCUT2D eigenvalue weighted by atomic mass is 16.6. The second-order valence-corrected chi connectivity index (χ2v) is 3.43. The van der Waals surface area contributed by atoms with E-state index < -0.39 is 4.92 Å². The van der Waals surface area contributed by atoms with Crippen molar-refractivity contribution in [1.82, 2.24) is 4.90 Å². The summed E-state index contributed by atoms with van der Waals surface area (Å²) < 4.78 is 4.96. The predicted octanol–water partition coefficient (Wildman–Crippen LogP) is 2.14. The molecule has 5 heteroatoms. The fraction of sp³-hybridized carbons (Fsp3) is 0.273. The standard InChI is InChI=1S/C11H14N2O3/c1-12(2)8-7-9-5-4-6-10(16-3)11(9)13(14)15/h4-8H,1-3H3/b8-7+. The first-order chi connectivity index (χ1) is 7.56. The summed E-state index contributed by atoms with van der Waals surface area (Å²) in [7, 11) is 5.12. The Labute approximate surface area is 94.1 Å². The molecule has 0 unspecified atom stereocenters. The summed E-state index contributed by atoms with van der Waals surface area (Å²) in [5, 5.41) is 10.9. The van der Waals surface area contributed by atoms with Crippen LogP contribution >= 0.6 is 0 Å². The van der Waals surface area contributed by atoms with Gasteiger partial charge in [0.05, 0.1) is 17.6 Å². The summed E-state index contributed by atoms with van der Waals surface area (Å²) in [4.78, 5) is 12.3. The number of nitro benzene ring substituents is 1. The van der Waals surface area contributed by atoms with Crippen LogP contribution in [0.25, 0.3) is 6.08 Å². The van der Waals surface area contributed by atoms with Crippen LogP contribution in [-0.4, -0.2) is 31.0 Å². The van der Waals surface area contributed by atoms with Crippen LogP contribution in [0, 0.1) is 10.1 Å². The average Bonchev–Trinajstić information content (AvgIpc) is 2.25. The molecule has 1 aromatic carbocycles. The highest BCUT2D eigenvalue weighted by molar-refractivity contribution is 5.66. The zero-order valence-electron chi connectivity index (χ0n) is 9.51. The van der Waals surface area contributed by atoms with Crippen molar-refractivity contribution in [3.63, 3.8) is 0 Å². The van der Waals surface area contributed by atoms with E-state index in [9.17, 15) is 10.1 Å². The van der Waals surface area contributed by atoms with Gasteiger partial charge in [0.1, 0.15) is 0 Å². The van der Waals surface area contributed by atoms with Crippen LogP contribution in [-0.2, 0) is 0 Å². The third-order valence-corrected chi connectivity index (χ3v) is 1.98. The summed E-state index contributed by atoms with van der Waals surface area (Å²) >= 11 is 0. The molecule has 0 aliphatic rings. The number of nitrogens with zero attached hydrogens (tertiary/aromatic N) is 2. The van der Waals surface area contributed by atoms with Crippen LogP contribution < -0.4 is 4.74 Å². The molecule has 0 saturated heterocycles. The Balaban J connectivity index is 3.22. The normalized spacial score (nSPS) is 10.4. The van der Waals surface area contributed by atoms with Crippen molar-refractivity contribution < 1.29 is 9.66 Å². The number of methoxy groups -OCH3 is 1. The van der Waals surface area contributed by atoms with E-state index >= 15 is 0 Å². The summed E-state index contributed by atoms with van der Waals surface area (Å²) in [5.41, 5.74) is 0.515. The predicted molar refractivity (Wildman–Crippen MR) is 62.4 cm³/mol. The molecule has 0 radical (unpaired) electrons. The summed E-state index contributed by atoms with van der Waals surface area (Å²) in [6.45, 7) is 0. The lowest BCUT2D eigenvalue weighted by molar-refractivity contribution is -0.386. The molecule has 1 aromatic rings. The van der Waals surface area contributed by atoms with E-state index in [2.05, 4.69) is 0 Å². The number of nitro groups is 1. The van der Waals surface area contributed by atoms with Crippen LogP contribution in [0.4, 0.5) is 5.69 Å². The quantitative estimate of drug-likeness (QED) is 0.578. The average molecular weight is 222 g/mol. The van der Waals surface area contributed by atoms with Crippen molar-refractivity contribution in [3.05, 3.63) is 40.1 Å². The number of ether oxygens (including phenoxy) is 1. The topological polar surface area (TPSA) is 55.6 Å². The fourth-order valence-electron chi connectivity index (χ4n) is 1.26. The van der Waals surface area contributed by atoms with Gasteiger partial charge in [-0.05, 0) is 24.4 Å². The van der Waals surface area contributed by atoms with Gasteiger partial charge in [-0.1, -0.05) is 6.07 Å². The molecule has 86 valence electrons. The molecular weight excluding hydrogens is 208 g/mol. The lowest BCUT2D eigenvalue weighted by Gasteiger charge is -2.06. The Morgan fingerprint density at radius 2 is 2.12 bits per heavy atom. The number of rotatable bonds is 4. The number of benzene rings is 1. The van der Waals surface area contributed by atoms with E-state index in [0.717, 1.165) is 0 Å². The number of para-hydroxylation sites is 1. The maximum atomic E-state index is 10.9. The van der Waals surface area contributed by atoms with Crippen LogP contribution in [0.15, 0.2) is 24.4 Å². The molecule has 5 nitrogen and oxygen atoms in total. The van der Waals surface area contributed by atoms with Crippen LogP contribution in [0.1, 0.15) is 5.56 Å². The van der Waals surface area contributed by atoms with Gasteiger partial charge in [0.2, 0.25) is 0 Å². The van der Waals surface area contributed by atoms with E-state index in [1.54, 1.807) is 30.5 Å². The molecule has 0 fully saturated rings. The summed E-state index contributed by atoms with van der Waals surface area (Å²) in [5.74, 6) is 0.269. The van der Waals surface area contributed by atoms with Crippen molar-refractivity contribution in [3.8, 4) is 5.75 Å². The largest absolute Gasteiger partial charge is 0.490 e. The van der Waals surface area contributed by atoms with Gasteiger partial charge in [-0.15, -0.1) is 0 Å². The first-order valence-corrected chi connectivity index (χ1v) is 4.72. The third-order valence-electron chi connectivity index (χ3n) is 1.98. The molecule has 0 aliphatic carbocycles. The Kier molecular flexibility index (Phi) is 3.88. The van der Waals surface area contributed by atoms with Crippen molar-refractivity contribution in [2.45, 2.75) is 0 Å². The van der Waals surface area contributed by atoms with Gasteiger partial charge in [-0.2, -0.15) is 0 Å². The van der Waals surface area contributed by atoms with Crippen LogP contribution in [0.5, 0.6) is 5.75 Å². The minimum absolute atomic E-state index is 0.0110. The second kappa shape index (κ2) is 5.16. The third kappa shape index (κ3) is 2.73. The monoisotopic (exact) mass is 222 g/mol. The van der Waals surface area contributed by atoms with E-state index in [4.69, 9.17) is 4.74 Å².